The number of hydrogen-bond acceptors (Lipinski definition) is 7. The van der Waals surface area contributed by atoms with Crippen molar-refractivity contribution in [3.63, 3.8) is 0 Å². The fourth-order valence-electron chi connectivity index (χ4n) is 6.60. The van der Waals surface area contributed by atoms with Crippen LogP contribution >= 0.6 is 0 Å². The van der Waals surface area contributed by atoms with Gasteiger partial charge in [0.15, 0.2) is 6.10 Å². The molecule has 1 N–H and O–H groups in total. The van der Waals surface area contributed by atoms with Gasteiger partial charge in [-0.25, -0.2) is 0 Å². The van der Waals surface area contributed by atoms with Crippen LogP contribution in [0.3, 0.4) is 0 Å². The molecule has 0 radical (unpaired) electrons. The van der Waals surface area contributed by atoms with Crippen LogP contribution in [-0.2, 0) is 39.8 Å². The van der Waals surface area contributed by atoms with Crippen LogP contribution < -0.4 is 0 Å². The molecular formula is C41H56O8. The third-order valence-electron chi connectivity index (χ3n) is 9.85. The summed E-state index contributed by atoms with van der Waals surface area (Å²) in [5.74, 6) is -1.92. The number of carbonyl (C=O) groups excluding carboxylic acids is 3. The van der Waals surface area contributed by atoms with E-state index in [0.717, 1.165) is 33.4 Å². The van der Waals surface area contributed by atoms with Crippen molar-refractivity contribution in [2.45, 2.75) is 133 Å². The Hall–Kier alpha value is -3.78. The third kappa shape index (κ3) is 9.68. The van der Waals surface area contributed by atoms with Crippen molar-refractivity contribution in [1.29, 1.82) is 0 Å². The Bertz CT molecular complexity index is 1580. The number of ether oxygens (including phenoxy) is 3. The maximum atomic E-state index is 13.0. The van der Waals surface area contributed by atoms with E-state index >= 15 is 0 Å². The second kappa shape index (κ2) is 15.8. The number of benzene rings is 2. The number of carbonyl (C=O) groups is 4. The molecule has 1 fully saturated rings. The van der Waals surface area contributed by atoms with E-state index in [9.17, 15) is 24.3 Å². The van der Waals surface area contributed by atoms with Gasteiger partial charge in [-0.1, -0.05) is 70.2 Å². The molecule has 0 aliphatic carbocycles. The van der Waals surface area contributed by atoms with Gasteiger partial charge in [0.25, 0.3) is 0 Å². The Morgan fingerprint density at radius 1 is 0.918 bits per heavy atom. The molecule has 1 saturated heterocycles. The fraction of sp³-hybridized carbons (Fsp3) is 0.561. The highest BCUT2D eigenvalue weighted by molar-refractivity contribution is 5.91. The molecule has 3 rings (SSSR count). The van der Waals surface area contributed by atoms with Crippen molar-refractivity contribution in [1.82, 2.24) is 0 Å². The van der Waals surface area contributed by atoms with Gasteiger partial charge in [0.2, 0.25) is 0 Å². The number of ketones is 1. The number of aliphatic carboxylic acids is 1. The molecule has 0 spiro atoms. The lowest BCUT2D eigenvalue weighted by atomic mass is 9.77. The largest absolute Gasteiger partial charge is 0.481 e. The number of esters is 2. The average Bonchev–Trinajstić information content (AvgIpc) is 2.99. The minimum Gasteiger partial charge on any atom is -0.481 e. The minimum absolute atomic E-state index is 0.0512. The summed E-state index contributed by atoms with van der Waals surface area (Å²) in [6, 6.07) is 10.6. The maximum absolute atomic E-state index is 13.0. The van der Waals surface area contributed by atoms with Crippen LogP contribution in [-0.4, -0.2) is 47.1 Å². The van der Waals surface area contributed by atoms with Gasteiger partial charge in [0.1, 0.15) is 18.0 Å². The van der Waals surface area contributed by atoms with E-state index < -0.39 is 47.0 Å². The Balaban J connectivity index is 1.99. The first-order chi connectivity index (χ1) is 22.7. The number of carboxylic acids is 1. The quantitative estimate of drug-likeness (QED) is 0.210. The van der Waals surface area contributed by atoms with Crippen LogP contribution in [0.2, 0.25) is 0 Å². The summed E-state index contributed by atoms with van der Waals surface area (Å²) in [5, 5.41) is 9.47. The van der Waals surface area contributed by atoms with Gasteiger partial charge in [-0.2, -0.15) is 0 Å². The predicted octanol–water partition coefficient (Wildman–Crippen LogP) is 8.48. The lowest BCUT2D eigenvalue weighted by Gasteiger charge is -2.45. The van der Waals surface area contributed by atoms with Crippen molar-refractivity contribution >= 4 is 29.8 Å². The van der Waals surface area contributed by atoms with Crippen LogP contribution in [0.5, 0.6) is 0 Å². The number of allylic oxidation sites excluding steroid dienone is 1. The van der Waals surface area contributed by atoms with Gasteiger partial charge < -0.3 is 19.3 Å². The van der Waals surface area contributed by atoms with Crippen molar-refractivity contribution in [3.05, 3.63) is 75.4 Å². The third-order valence-corrected chi connectivity index (χ3v) is 9.85. The number of Topliss-reactive ketones (excluding diaryl/α,β-unsaturated/α-hetero) is 1. The van der Waals surface area contributed by atoms with Gasteiger partial charge in [-0.05, 0) is 99.2 Å². The van der Waals surface area contributed by atoms with Gasteiger partial charge >= 0.3 is 17.9 Å². The molecular weight excluding hydrogens is 620 g/mol. The average molecular weight is 677 g/mol. The van der Waals surface area contributed by atoms with Gasteiger partial charge in [0, 0.05) is 31.6 Å². The summed E-state index contributed by atoms with van der Waals surface area (Å²) >= 11 is 0. The molecule has 0 amide bonds. The van der Waals surface area contributed by atoms with E-state index in [4.69, 9.17) is 14.2 Å². The number of rotatable bonds is 13. The monoisotopic (exact) mass is 676 g/mol. The van der Waals surface area contributed by atoms with E-state index in [1.807, 2.05) is 52.8 Å². The molecule has 1 aliphatic rings. The van der Waals surface area contributed by atoms with E-state index in [-0.39, 0.29) is 30.1 Å². The van der Waals surface area contributed by atoms with Crippen molar-refractivity contribution in [2.24, 2.45) is 16.7 Å². The van der Waals surface area contributed by atoms with Crippen LogP contribution in [0.4, 0.5) is 0 Å². The van der Waals surface area contributed by atoms with Crippen LogP contribution in [0.25, 0.3) is 6.08 Å². The molecule has 49 heavy (non-hydrogen) atoms. The molecule has 0 saturated carbocycles. The molecule has 0 unspecified atom stereocenters. The Labute approximate surface area is 292 Å². The first-order valence-corrected chi connectivity index (χ1v) is 17.4. The number of carboxylic acid groups (broad SMARTS) is 1. The van der Waals surface area contributed by atoms with E-state index in [0.29, 0.717) is 12.8 Å². The second-order valence-electron chi connectivity index (χ2n) is 15.3. The van der Waals surface area contributed by atoms with Crippen molar-refractivity contribution < 1.29 is 38.5 Å². The van der Waals surface area contributed by atoms with Gasteiger partial charge in [0.05, 0.1) is 11.5 Å². The van der Waals surface area contributed by atoms with Crippen molar-refractivity contribution in [3.8, 4) is 0 Å². The molecule has 8 heteroatoms. The molecule has 1 heterocycles. The zero-order valence-corrected chi connectivity index (χ0v) is 31.4. The molecule has 1 aliphatic heterocycles. The standard InChI is InChI=1S/C41H56O8/c1-13-34-26(6)36(47-27(7)42)38(48-28(8)43)37(49-34)33-21-31(32(23(2)3)19-25(33)5)20-30-15-14-29(18-24(30)4)16-17-40(9,10)35(44)22-41(11,12)39(45)46/h14-19,21,23,26,34,36-38H,13,20,22H2,1-12H3,(H,45,46)/b17-16+/t26-,34-,36+,37+,38-/m1/s1. The van der Waals surface area contributed by atoms with Gasteiger partial charge in [-0.15, -0.1) is 0 Å². The van der Waals surface area contributed by atoms with E-state index in [1.54, 1.807) is 13.8 Å². The zero-order valence-electron chi connectivity index (χ0n) is 31.4. The van der Waals surface area contributed by atoms with Crippen LogP contribution in [0.15, 0.2) is 36.4 Å². The molecule has 2 aromatic carbocycles. The van der Waals surface area contributed by atoms with Gasteiger partial charge in [-0.3, -0.25) is 19.2 Å². The molecule has 2 aromatic rings. The Morgan fingerprint density at radius 2 is 1.53 bits per heavy atom. The fourth-order valence-corrected chi connectivity index (χ4v) is 6.60. The Kier molecular flexibility index (Phi) is 12.8. The molecule has 5 atom stereocenters. The second-order valence-corrected chi connectivity index (χ2v) is 15.3. The smallest absolute Gasteiger partial charge is 0.309 e. The Morgan fingerprint density at radius 3 is 2.06 bits per heavy atom. The highest BCUT2D eigenvalue weighted by Gasteiger charge is 2.48. The van der Waals surface area contributed by atoms with Crippen molar-refractivity contribution in [2.75, 3.05) is 0 Å². The number of hydrogen-bond donors (Lipinski definition) is 1. The van der Waals surface area contributed by atoms with Crippen LogP contribution in [0.1, 0.15) is 133 Å². The minimum atomic E-state index is -1.13. The first kappa shape index (κ1) is 39.7. The topological polar surface area (TPSA) is 116 Å². The van der Waals surface area contributed by atoms with E-state index in [2.05, 4.69) is 45.0 Å². The summed E-state index contributed by atoms with van der Waals surface area (Å²) < 4.78 is 18.3. The number of aryl methyl sites for hydroxylation is 2. The summed E-state index contributed by atoms with van der Waals surface area (Å²) in [6.45, 7) is 22.0. The lowest BCUT2D eigenvalue weighted by molar-refractivity contribution is -0.225. The molecule has 0 bridgehead atoms. The highest BCUT2D eigenvalue weighted by atomic mass is 16.6. The SMILES string of the molecule is CC[C@H]1O[C@@H](c2cc(Cc3ccc(/C=C/C(C)(C)C(=O)CC(C)(C)C(=O)O)cc3C)c(C(C)C)cc2C)[C@H](OC(C)=O)[C@@H](OC(C)=O)[C@@H]1C. The lowest BCUT2D eigenvalue weighted by Crippen LogP contribution is -2.53. The maximum Gasteiger partial charge on any atom is 0.309 e. The summed E-state index contributed by atoms with van der Waals surface area (Å²) in [4.78, 5) is 49.1. The summed E-state index contributed by atoms with van der Waals surface area (Å²) in [6.07, 6.45) is 2.84. The first-order valence-electron chi connectivity index (χ1n) is 17.4. The molecule has 8 nitrogen and oxygen atoms in total. The van der Waals surface area contributed by atoms with Crippen LogP contribution in [0, 0.1) is 30.6 Å². The van der Waals surface area contributed by atoms with E-state index in [1.165, 1.54) is 19.4 Å². The highest BCUT2D eigenvalue weighted by Crippen LogP contribution is 2.42. The zero-order chi connectivity index (χ0) is 37.0. The molecule has 0 aromatic heterocycles. The molecule has 268 valence electrons. The summed E-state index contributed by atoms with van der Waals surface area (Å²) in [7, 11) is 0. The normalized spacial score (nSPS) is 21.5. The summed E-state index contributed by atoms with van der Waals surface area (Å²) in [5.41, 5.74) is 5.51. The predicted molar refractivity (Wildman–Crippen MR) is 191 cm³/mol.